The fraction of sp³-hybridized carbons (Fsp3) is 1.00. The highest BCUT2D eigenvalue weighted by molar-refractivity contribution is 4.58. The summed E-state index contributed by atoms with van der Waals surface area (Å²) in [5, 5.41) is 20.2. The minimum absolute atomic E-state index is 0.186. The molecule has 5 N–H and O–H groups in total. The topological polar surface area (TPSA) is 78.5 Å². The second-order valence-corrected chi connectivity index (χ2v) is 2.17. The van der Waals surface area contributed by atoms with Gasteiger partial charge in [0, 0.05) is 19.7 Å². The van der Waals surface area contributed by atoms with Crippen LogP contribution in [0.1, 0.15) is 6.42 Å². The van der Waals surface area contributed by atoms with Crippen molar-refractivity contribution in [3.8, 4) is 0 Å². The van der Waals surface area contributed by atoms with E-state index in [1.165, 1.54) is 0 Å². The van der Waals surface area contributed by atoms with Crippen molar-refractivity contribution in [2.45, 2.75) is 12.5 Å². The summed E-state index contributed by atoms with van der Waals surface area (Å²) < 4.78 is 0. The number of nitrogens with two attached hydrogens (primary N) is 1. The fourth-order valence-corrected chi connectivity index (χ4v) is 0.556. The molecule has 10 heavy (non-hydrogen) atoms. The Bertz CT molecular complexity index is 70.8. The second kappa shape index (κ2) is 6.95. The maximum atomic E-state index is 8.91. The van der Waals surface area contributed by atoms with Gasteiger partial charge in [0.05, 0.1) is 6.10 Å². The summed E-state index contributed by atoms with van der Waals surface area (Å²) in [5.74, 6) is 0. The molecular formula is C6H16N2O2. The van der Waals surface area contributed by atoms with Gasteiger partial charge in [0.1, 0.15) is 0 Å². The Hall–Kier alpha value is -0.160. The van der Waals surface area contributed by atoms with Gasteiger partial charge in [-0.2, -0.15) is 0 Å². The number of nitrogens with one attached hydrogen (secondary N) is 1. The first kappa shape index (κ1) is 9.84. The Morgan fingerprint density at radius 3 is 2.70 bits per heavy atom. The van der Waals surface area contributed by atoms with Gasteiger partial charge in [0.2, 0.25) is 0 Å². The molecule has 1 unspecified atom stereocenters. The summed E-state index contributed by atoms with van der Waals surface area (Å²) >= 11 is 0. The van der Waals surface area contributed by atoms with Crippen LogP contribution >= 0.6 is 0 Å². The molecule has 0 amide bonds. The van der Waals surface area contributed by atoms with E-state index in [2.05, 4.69) is 5.32 Å². The Morgan fingerprint density at radius 2 is 2.20 bits per heavy atom. The number of aliphatic hydroxyl groups excluding tert-OH is 2. The molecule has 0 aromatic carbocycles. The van der Waals surface area contributed by atoms with E-state index in [0.29, 0.717) is 6.54 Å². The van der Waals surface area contributed by atoms with Crippen LogP contribution in [0.5, 0.6) is 0 Å². The molecular weight excluding hydrogens is 132 g/mol. The Labute approximate surface area is 61.0 Å². The molecule has 0 rings (SSSR count). The van der Waals surface area contributed by atoms with Gasteiger partial charge in [-0.25, -0.2) is 0 Å². The maximum absolute atomic E-state index is 8.91. The van der Waals surface area contributed by atoms with E-state index in [-0.39, 0.29) is 13.2 Å². The number of hydrogen-bond donors (Lipinski definition) is 4. The van der Waals surface area contributed by atoms with Crippen LogP contribution in [0.25, 0.3) is 0 Å². The quantitative estimate of drug-likeness (QED) is 0.338. The smallest absolute Gasteiger partial charge is 0.0786 e. The lowest BCUT2D eigenvalue weighted by molar-refractivity contribution is 0.178. The van der Waals surface area contributed by atoms with Crippen molar-refractivity contribution in [3.63, 3.8) is 0 Å². The Morgan fingerprint density at radius 1 is 1.50 bits per heavy atom. The SMILES string of the molecule is NCC(O)CNCCCO. The van der Waals surface area contributed by atoms with Crippen molar-refractivity contribution in [1.29, 1.82) is 0 Å². The monoisotopic (exact) mass is 148 g/mol. The summed E-state index contributed by atoms with van der Waals surface area (Å²) in [5.41, 5.74) is 5.15. The van der Waals surface area contributed by atoms with Gasteiger partial charge in [-0.1, -0.05) is 0 Å². The third-order valence-electron chi connectivity index (χ3n) is 1.16. The first-order chi connectivity index (χ1) is 4.81. The van der Waals surface area contributed by atoms with Gasteiger partial charge in [0.15, 0.2) is 0 Å². The molecule has 0 fully saturated rings. The van der Waals surface area contributed by atoms with Crippen LogP contribution in [-0.4, -0.2) is 42.6 Å². The average Bonchev–Trinajstić information content (AvgIpc) is 1.98. The number of aliphatic hydroxyl groups is 2. The molecule has 0 saturated heterocycles. The van der Waals surface area contributed by atoms with Crippen molar-refractivity contribution < 1.29 is 10.2 Å². The van der Waals surface area contributed by atoms with Crippen LogP contribution in [0, 0.1) is 0 Å². The van der Waals surface area contributed by atoms with Crippen molar-refractivity contribution in [2.24, 2.45) is 5.73 Å². The van der Waals surface area contributed by atoms with Gasteiger partial charge in [-0.05, 0) is 13.0 Å². The lowest BCUT2D eigenvalue weighted by Crippen LogP contribution is -2.33. The average molecular weight is 148 g/mol. The van der Waals surface area contributed by atoms with Crippen molar-refractivity contribution in [2.75, 3.05) is 26.2 Å². The number of hydrogen-bond acceptors (Lipinski definition) is 4. The molecule has 4 nitrogen and oxygen atoms in total. The zero-order chi connectivity index (χ0) is 7.82. The van der Waals surface area contributed by atoms with E-state index >= 15 is 0 Å². The molecule has 4 heteroatoms. The van der Waals surface area contributed by atoms with Crippen LogP contribution in [0.2, 0.25) is 0 Å². The Balaban J connectivity index is 2.89. The lowest BCUT2D eigenvalue weighted by atomic mass is 10.3. The maximum Gasteiger partial charge on any atom is 0.0786 e. The van der Waals surface area contributed by atoms with E-state index in [4.69, 9.17) is 15.9 Å². The van der Waals surface area contributed by atoms with E-state index < -0.39 is 6.10 Å². The summed E-state index contributed by atoms with van der Waals surface area (Å²) in [4.78, 5) is 0. The van der Waals surface area contributed by atoms with Crippen LogP contribution in [-0.2, 0) is 0 Å². The highest BCUT2D eigenvalue weighted by Crippen LogP contribution is 1.76. The van der Waals surface area contributed by atoms with Gasteiger partial charge in [-0.15, -0.1) is 0 Å². The second-order valence-electron chi connectivity index (χ2n) is 2.17. The van der Waals surface area contributed by atoms with E-state index in [1.807, 2.05) is 0 Å². The lowest BCUT2D eigenvalue weighted by Gasteiger charge is -2.07. The first-order valence-corrected chi connectivity index (χ1v) is 3.51. The van der Waals surface area contributed by atoms with Gasteiger partial charge in [0.25, 0.3) is 0 Å². The summed E-state index contributed by atoms with van der Waals surface area (Å²) in [6.45, 7) is 1.71. The van der Waals surface area contributed by atoms with Gasteiger partial charge >= 0.3 is 0 Å². The molecule has 0 saturated carbocycles. The zero-order valence-corrected chi connectivity index (χ0v) is 6.08. The van der Waals surface area contributed by atoms with E-state index in [1.54, 1.807) is 0 Å². The molecule has 0 bridgehead atoms. The molecule has 0 aromatic heterocycles. The molecule has 0 radical (unpaired) electrons. The molecule has 0 aliphatic heterocycles. The highest BCUT2D eigenvalue weighted by atomic mass is 16.3. The normalized spacial score (nSPS) is 13.5. The van der Waals surface area contributed by atoms with Crippen molar-refractivity contribution >= 4 is 0 Å². The van der Waals surface area contributed by atoms with E-state index in [9.17, 15) is 0 Å². The summed E-state index contributed by atoms with van der Waals surface area (Å²) in [6.07, 6.45) is 0.260. The van der Waals surface area contributed by atoms with Gasteiger partial charge < -0.3 is 21.3 Å². The molecule has 0 spiro atoms. The zero-order valence-electron chi connectivity index (χ0n) is 6.08. The third-order valence-corrected chi connectivity index (χ3v) is 1.16. The van der Waals surface area contributed by atoms with Crippen LogP contribution in [0.15, 0.2) is 0 Å². The summed E-state index contributed by atoms with van der Waals surface area (Å²) in [6, 6.07) is 0. The van der Waals surface area contributed by atoms with Crippen LogP contribution in [0.3, 0.4) is 0 Å². The van der Waals surface area contributed by atoms with Crippen molar-refractivity contribution in [1.82, 2.24) is 5.32 Å². The largest absolute Gasteiger partial charge is 0.396 e. The standard InChI is InChI=1S/C6H16N2O2/c7-4-6(10)5-8-2-1-3-9/h6,8-10H,1-5,7H2. The molecule has 0 aliphatic carbocycles. The predicted octanol–water partition coefficient (Wildman–Crippen LogP) is -1.72. The first-order valence-electron chi connectivity index (χ1n) is 3.51. The fourth-order valence-electron chi connectivity index (χ4n) is 0.556. The molecule has 0 aromatic rings. The van der Waals surface area contributed by atoms with Crippen LogP contribution in [0.4, 0.5) is 0 Å². The minimum atomic E-state index is -0.460. The van der Waals surface area contributed by atoms with E-state index in [0.717, 1.165) is 13.0 Å². The summed E-state index contributed by atoms with van der Waals surface area (Å²) in [7, 11) is 0. The van der Waals surface area contributed by atoms with Gasteiger partial charge in [-0.3, -0.25) is 0 Å². The molecule has 1 atom stereocenters. The molecule has 0 aliphatic rings. The number of rotatable bonds is 6. The molecule has 62 valence electrons. The van der Waals surface area contributed by atoms with Crippen molar-refractivity contribution in [3.05, 3.63) is 0 Å². The molecule has 0 heterocycles. The highest BCUT2D eigenvalue weighted by Gasteiger charge is 1.97. The third kappa shape index (κ3) is 5.97. The Kier molecular flexibility index (Phi) is 6.84. The predicted molar refractivity (Wildman–Crippen MR) is 39.6 cm³/mol. The van der Waals surface area contributed by atoms with Crippen LogP contribution < -0.4 is 11.1 Å². The minimum Gasteiger partial charge on any atom is -0.396 e.